The normalized spacial score (nSPS) is 51.9. The molecule has 268 valence electrons. The second kappa shape index (κ2) is 15.5. The molecule has 0 saturated carbocycles. The Labute approximate surface area is 262 Å². The summed E-state index contributed by atoms with van der Waals surface area (Å²) in [7, 11) is 0. The van der Waals surface area contributed by atoms with Crippen molar-refractivity contribution in [1.29, 1.82) is 0 Å². The molecule has 1 amide bonds. The highest BCUT2D eigenvalue weighted by molar-refractivity contribution is 5.73. The van der Waals surface area contributed by atoms with Gasteiger partial charge in [0.15, 0.2) is 25.2 Å². The van der Waals surface area contributed by atoms with E-state index < -0.39 is 142 Å². The van der Waals surface area contributed by atoms with Crippen molar-refractivity contribution in [3.8, 4) is 0 Å². The SMILES string of the molecule is CC(=O)N[C@H]1C(O)O[C@H](CO)[C@@H](O[C@H]2O[C@H](C)[C@H](O)[C@H](O)[C@H]2O)[C@@H]1O[C@@H]1O[C@H](CO)[C@H](O[C@H]2O[C@H](C)[C@H](O)[C@H](O)[C@H]2O)[C@H](O)[C@H]1O. The molecule has 4 heterocycles. The molecule has 4 aliphatic rings. The van der Waals surface area contributed by atoms with Crippen LogP contribution < -0.4 is 5.32 Å². The minimum absolute atomic E-state index is 0.692. The van der Waals surface area contributed by atoms with Gasteiger partial charge in [-0.2, -0.15) is 0 Å². The van der Waals surface area contributed by atoms with Gasteiger partial charge in [0.1, 0.15) is 85.4 Å². The first kappa shape index (κ1) is 37.6. The lowest BCUT2D eigenvalue weighted by Gasteiger charge is -2.50. The van der Waals surface area contributed by atoms with Crippen LogP contribution >= 0.6 is 0 Å². The summed E-state index contributed by atoms with van der Waals surface area (Å²) in [6, 6.07) is -1.51. The van der Waals surface area contributed by atoms with E-state index in [1.807, 2.05) is 0 Å². The van der Waals surface area contributed by atoms with Crippen molar-refractivity contribution in [2.24, 2.45) is 0 Å². The van der Waals surface area contributed by atoms with E-state index in [2.05, 4.69) is 5.32 Å². The first-order chi connectivity index (χ1) is 21.6. The van der Waals surface area contributed by atoms with Gasteiger partial charge in [0.25, 0.3) is 0 Å². The van der Waals surface area contributed by atoms with Crippen molar-refractivity contribution < 1.29 is 94.1 Å². The van der Waals surface area contributed by atoms with Crippen molar-refractivity contribution in [2.75, 3.05) is 13.2 Å². The molecule has 0 aliphatic carbocycles. The maximum Gasteiger partial charge on any atom is 0.217 e. The standard InChI is InChI=1S/C26H45NO19/c1-6-12(31)14(33)17(36)24(40-6)44-20-9(4-28)43-26(19(38)16(20)35)46-22-11(27-8(3)30)23(39)42-10(5-29)21(22)45-25-18(37)15(34)13(32)7(2)41-25/h6-7,9-26,28-29,31-39H,4-5H2,1-3H3,(H,27,30)/t6-,7-,9-,10-,11-,12+,13+,14+,15+,16-,17-,18-,19-,20+,21-,22-,23?,24-,25-,26+/m1/s1. The van der Waals surface area contributed by atoms with Crippen LogP contribution in [0.15, 0.2) is 0 Å². The second-order valence-corrected chi connectivity index (χ2v) is 11.8. The van der Waals surface area contributed by atoms with Gasteiger partial charge < -0.3 is 94.6 Å². The molecule has 4 saturated heterocycles. The van der Waals surface area contributed by atoms with Crippen LogP contribution in [0.4, 0.5) is 0 Å². The molecular formula is C26H45NO19. The molecule has 20 heteroatoms. The Morgan fingerprint density at radius 1 is 0.565 bits per heavy atom. The fraction of sp³-hybridized carbons (Fsp3) is 0.962. The molecule has 4 aliphatic heterocycles. The number of ether oxygens (including phenoxy) is 7. The van der Waals surface area contributed by atoms with E-state index in [4.69, 9.17) is 33.2 Å². The van der Waals surface area contributed by atoms with Crippen LogP contribution in [0.2, 0.25) is 0 Å². The molecule has 0 bridgehead atoms. The zero-order valence-corrected chi connectivity index (χ0v) is 25.1. The van der Waals surface area contributed by atoms with Crippen LogP contribution in [0, 0.1) is 0 Å². The lowest BCUT2D eigenvalue weighted by molar-refractivity contribution is -0.382. The van der Waals surface area contributed by atoms with Crippen LogP contribution in [-0.2, 0) is 38.0 Å². The van der Waals surface area contributed by atoms with Gasteiger partial charge in [-0.3, -0.25) is 4.79 Å². The summed E-state index contributed by atoms with van der Waals surface area (Å²) in [6.45, 7) is 2.19. The number of aliphatic hydroxyl groups excluding tert-OH is 11. The average Bonchev–Trinajstić information content (AvgIpc) is 3.01. The summed E-state index contributed by atoms with van der Waals surface area (Å²) in [4.78, 5) is 12.1. The van der Waals surface area contributed by atoms with E-state index in [0.717, 1.165) is 6.92 Å². The van der Waals surface area contributed by atoms with Gasteiger partial charge in [-0.1, -0.05) is 0 Å². The molecule has 20 atom stereocenters. The largest absolute Gasteiger partial charge is 0.394 e. The third kappa shape index (κ3) is 7.64. The maximum atomic E-state index is 12.1. The lowest BCUT2D eigenvalue weighted by Crippen LogP contribution is -2.69. The van der Waals surface area contributed by atoms with Crippen LogP contribution in [0.5, 0.6) is 0 Å². The van der Waals surface area contributed by atoms with E-state index >= 15 is 0 Å². The number of carbonyl (C=O) groups excluding carboxylic acids is 1. The Morgan fingerprint density at radius 2 is 0.978 bits per heavy atom. The smallest absolute Gasteiger partial charge is 0.217 e. The summed E-state index contributed by atoms with van der Waals surface area (Å²) in [5, 5.41) is 117. The molecule has 0 radical (unpaired) electrons. The molecule has 20 nitrogen and oxygen atoms in total. The molecule has 0 aromatic carbocycles. The molecule has 4 rings (SSSR count). The van der Waals surface area contributed by atoms with E-state index in [0.29, 0.717) is 0 Å². The van der Waals surface area contributed by atoms with Gasteiger partial charge in [-0.15, -0.1) is 0 Å². The molecular weight excluding hydrogens is 630 g/mol. The zero-order chi connectivity index (χ0) is 34.2. The maximum absolute atomic E-state index is 12.1. The van der Waals surface area contributed by atoms with Crippen LogP contribution in [0.25, 0.3) is 0 Å². The molecule has 46 heavy (non-hydrogen) atoms. The van der Waals surface area contributed by atoms with Crippen molar-refractivity contribution in [2.45, 2.75) is 144 Å². The summed E-state index contributed by atoms with van der Waals surface area (Å²) in [5.41, 5.74) is 0. The Hall–Kier alpha value is -1.25. The number of rotatable bonds is 9. The summed E-state index contributed by atoms with van der Waals surface area (Å²) in [5.74, 6) is -0.692. The monoisotopic (exact) mass is 675 g/mol. The quantitative estimate of drug-likeness (QED) is 0.108. The van der Waals surface area contributed by atoms with Crippen molar-refractivity contribution in [3.63, 3.8) is 0 Å². The second-order valence-electron chi connectivity index (χ2n) is 11.8. The number of hydrogen-bond acceptors (Lipinski definition) is 19. The Balaban J connectivity index is 1.58. The third-order valence-electron chi connectivity index (χ3n) is 8.53. The first-order valence-corrected chi connectivity index (χ1v) is 14.8. The topological polar surface area (TPSA) is 316 Å². The van der Waals surface area contributed by atoms with E-state index in [1.165, 1.54) is 13.8 Å². The summed E-state index contributed by atoms with van der Waals surface area (Å²) in [6.07, 6.45) is -30.7. The number of nitrogens with one attached hydrogen (secondary N) is 1. The predicted octanol–water partition coefficient (Wildman–Crippen LogP) is -7.55. The van der Waals surface area contributed by atoms with Gasteiger partial charge in [-0.25, -0.2) is 0 Å². The summed E-state index contributed by atoms with van der Waals surface area (Å²) >= 11 is 0. The van der Waals surface area contributed by atoms with Crippen molar-refractivity contribution in [3.05, 3.63) is 0 Å². The highest BCUT2D eigenvalue weighted by atomic mass is 16.8. The van der Waals surface area contributed by atoms with Crippen molar-refractivity contribution in [1.82, 2.24) is 5.32 Å². The highest BCUT2D eigenvalue weighted by Crippen LogP contribution is 2.34. The van der Waals surface area contributed by atoms with Gasteiger partial charge in [0.05, 0.1) is 25.4 Å². The fourth-order valence-corrected chi connectivity index (χ4v) is 5.83. The number of carbonyl (C=O) groups is 1. The molecule has 0 aromatic heterocycles. The molecule has 12 N–H and O–H groups in total. The first-order valence-electron chi connectivity index (χ1n) is 14.8. The lowest BCUT2D eigenvalue weighted by atomic mass is 9.94. The van der Waals surface area contributed by atoms with Crippen LogP contribution in [0.1, 0.15) is 20.8 Å². The molecule has 0 aromatic rings. The predicted molar refractivity (Wildman–Crippen MR) is 143 cm³/mol. The highest BCUT2D eigenvalue weighted by Gasteiger charge is 2.55. The summed E-state index contributed by atoms with van der Waals surface area (Å²) < 4.78 is 39.3. The van der Waals surface area contributed by atoms with Gasteiger partial charge in [-0.05, 0) is 13.8 Å². The minimum Gasteiger partial charge on any atom is -0.394 e. The van der Waals surface area contributed by atoms with E-state index in [-0.39, 0.29) is 0 Å². The Bertz CT molecular complexity index is 995. The van der Waals surface area contributed by atoms with Crippen molar-refractivity contribution >= 4 is 5.91 Å². The minimum atomic E-state index is -2.00. The molecule has 4 fully saturated rings. The van der Waals surface area contributed by atoms with Gasteiger partial charge in [0.2, 0.25) is 5.91 Å². The molecule has 1 unspecified atom stereocenters. The third-order valence-corrected chi connectivity index (χ3v) is 8.53. The van der Waals surface area contributed by atoms with Crippen LogP contribution in [0.3, 0.4) is 0 Å². The van der Waals surface area contributed by atoms with E-state index in [1.54, 1.807) is 0 Å². The average molecular weight is 676 g/mol. The molecule has 0 spiro atoms. The van der Waals surface area contributed by atoms with Gasteiger partial charge in [0, 0.05) is 6.92 Å². The van der Waals surface area contributed by atoms with Gasteiger partial charge >= 0.3 is 0 Å². The number of hydrogen-bond donors (Lipinski definition) is 12. The van der Waals surface area contributed by atoms with Crippen LogP contribution in [-0.4, -0.2) is 198 Å². The fourth-order valence-electron chi connectivity index (χ4n) is 5.83. The zero-order valence-electron chi connectivity index (χ0n) is 25.1. The Morgan fingerprint density at radius 3 is 1.46 bits per heavy atom. The number of amides is 1. The van der Waals surface area contributed by atoms with E-state index in [9.17, 15) is 61.0 Å². The Kier molecular flexibility index (Phi) is 12.7. The number of aliphatic hydroxyl groups is 11.